The number of sulfonamides is 1. The molecule has 24 heavy (non-hydrogen) atoms. The summed E-state index contributed by atoms with van der Waals surface area (Å²) < 4.78 is 28.2. The molecule has 2 aromatic rings. The van der Waals surface area contributed by atoms with Gasteiger partial charge in [0.05, 0.1) is 27.7 Å². The Morgan fingerprint density at radius 3 is 2.62 bits per heavy atom. The number of halogens is 2. The fourth-order valence-electron chi connectivity index (χ4n) is 1.85. The van der Waals surface area contributed by atoms with E-state index >= 15 is 0 Å². The van der Waals surface area contributed by atoms with E-state index in [0.29, 0.717) is 15.6 Å². The summed E-state index contributed by atoms with van der Waals surface area (Å²) in [5.41, 5.74) is 0.786. The van der Waals surface area contributed by atoms with E-state index in [2.05, 4.69) is 9.82 Å². The van der Waals surface area contributed by atoms with Gasteiger partial charge in [-0.1, -0.05) is 29.3 Å². The van der Waals surface area contributed by atoms with Gasteiger partial charge in [-0.3, -0.25) is 14.2 Å². The minimum Gasteiger partial charge on any atom is -0.347 e. The van der Waals surface area contributed by atoms with Crippen molar-refractivity contribution in [2.75, 3.05) is 18.8 Å². The van der Waals surface area contributed by atoms with Gasteiger partial charge in [-0.2, -0.15) is 5.10 Å². The predicted octanol–water partition coefficient (Wildman–Crippen LogP) is 2.22. The van der Waals surface area contributed by atoms with Crippen molar-refractivity contribution in [3.05, 3.63) is 46.2 Å². The highest BCUT2D eigenvalue weighted by atomic mass is 35.5. The summed E-state index contributed by atoms with van der Waals surface area (Å²) in [6.45, 7) is 0.0293. The van der Waals surface area contributed by atoms with Crippen molar-refractivity contribution in [1.29, 1.82) is 0 Å². The summed E-state index contributed by atoms with van der Waals surface area (Å²) in [7, 11) is -0.386. The van der Waals surface area contributed by atoms with Crippen molar-refractivity contribution in [3.8, 4) is 0 Å². The van der Waals surface area contributed by atoms with Crippen LogP contribution in [0, 0.1) is 0 Å². The van der Waals surface area contributed by atoms with Gasteiger partial charge in [0.2, 0.25) is 15.9 Å². The van der Waals surface area contributed by atoms with Crippen LogP contribution in [0.3, 0.4) is 0 Å². The summed E-state index contributed by atoms with van der Waals surface area (Å²) in [5, 5.41) is 4.61. The van der Waals surface area contributed by atoms with Crippen LogP contribution in [-0.2, 0) is 27.1 Å². The molecule has 0 unspecified atom stereocenters. The summed E-state index contributed by atoms with van der Waals surface area (Å²) >= 11 is 11.7. The quantitative estimate of drug-likeness (QED) is 0.819. The van der Waals surface area contributed by atoms with Gasteiger partial charge in [0.1, 0.15) is 6.54 Å². The molecule has 1 aromatic carbocycles. The van der Waals surface area contributed by atoms with Gasteiger partial charge in [-0.25, -0.2) is 8.42 Å². The van der Waals surface area contributed by atoms with Gasteiger partial charge in [0.15, 0.2) is 0 Å². The van der Waals surface area contributed by atoms with Crippen LogP contribution in [0.2, 0.25) is 10.0 Å². The van der Waals surface area contributed by atoms with Crippen LogP contribution < -0.4 is 4.72 Å². The topological polar surface area (TPSA) is 84.3 Å². The number of hydrogen-bond acceptors (Lipinski definition) is 4. The molecule has 0 aliphatic rings. The average Bonchev–Trinajstić information content (AvgIpc) is 2.88. The molecule has 0 fully saturated rings. The molecule has 1 heterocycles. The predicted molar refractivity (Wildman–Crippen MR) is 93.6 cm³/mol. The summed E-state index contributed by atoms with van der Waals surface area (Å²) in [6, 6.07) is 4.63. The molecule has 1 amide bonds. The van der Waals surface area contributed by atoms with E-state index in [4.69, 9.17) is 23.2 Å². The maximum atomic E-state index is 12.2. The molecule has 7 nitrogen and oxygen atoms in total. The van der Waals surface area contributed by atoms with Crippen LogP contribution in [0.5, 0.6) is 0 Å². The molecule has 0 aliphatic heterocycles. The zero-order valence-corrected chi connectivity index (χ0v) is 15.4. The van der Waals surface area contributed by atoms with Gasteiger partial charge in [0.25, 0.3) is 0 Å². The van der Waals surface area contributed by atoms with Crippen LogP contribution in [0.1, 0.15) is 5.56 Å². The summed E-state index contributed by atoms with van der Waals surface area (Å²) in [5.74, 6) is -0.408. The van der Waals surface area contributed by atoms with Crippen molar-refractivity contribution in [2.45, 2.75) is 12.3 Å². The molecule has 0 saturated heterocycles. The smallest absolute Gasteiger partial charge is 0.243 e. The number of nitrogens with one attached hydrogen (secondary N) is 1. The molecule has 0 spiro atoms. The third-order valence-electron chi connectivity index (χ3n) is 3.04. The van der Waals surface area contributed by atoms with Crippen molar-refractivity contribution < 1.29 is 13.2 Å². The van der Waals surface area contributed by atoms with E-state index in [1.807, 2.05) is 0 Å². The molecule has 0 radical (unpaired) electrons. The number of amides is 1. The van der Waals surface area contributed by atoms with E-state index in [1.54, 1.807) is 26.2 Å². The maximum absolute atomic E-state index is 12.2. The number of aromatic nitrogens is 2. The van der Waals surface area contributed by atoms with Crippen molar-refractivity contribution >= 4 is 44.8 Å². The highest BCUT2D eigenvalue weighted by Gasteiger charge is 2.15. The van der Waals surface area contributed by atoms with E-state index in [0.717, 1.165) is 0 Å². The lowest BCUT2D eigenvalue weighted by Crippen LogP contribution is -2.26. The van der Waals surface area contributed by atoms with Gasteiger partial charge in [-0.05, 0) is 17.7 Å². The highest BCUT2D eigenvalue weighted by Crippen LogP contribution is 2.23. The van der Waals surface area contributed by atoms with Crippen molar-refractivity contribution in [2.24, 2.45) is 0 Å². The molecular weight excluding hydrogens is 375 g/mol. The molecule has 0 saturated carbocycles. The second kappa shape index (κ2) is 7.42. The third kappa shape index (κ3) is 5.12. The van der Waals surface area contributed by atoms with E-state index in [-0.39, 0.29) is 23.9 Å². The maximum Gasteiger partial charge on any atom is 0.243 e. The number of benzene rings is 1. The number of carbonyl (C=O) groups excluding carboxylic acids is 1. The molecule has 0 aliphatic carbocycles. The summed E-state index contributed by atoms with van der Waals surface area (Å²) in [6.07, 6.45) is 2.79. The van der Waals surface area contributed by atoms with Crippen LogP contribution in [0.15, 0.2) is 30.6 Å². The lowest BCUT2D eigenvalue weighted by Gasteiger charge is -2.09. The van der Waals surface area contributed by atoms with Crippen molar-refractivity contribution in [3.63, 3.8) is 0 Å². The Labute approximate surface area is 150 Å². The molecule has 0 bridgehead atoms. The number of carbonyl (C=O) groups is 1. The molecule has 130 valence electrons. The minimum atomic E-state index is -3.65. The summed E-state index contributed by atoms with van der Waals surface area (Å²) in [4.78, 5) is 13.0. The number of hydrogen-bond donors (Lipinski definition) is 1. The van der Waals surface area contributed by atoms with Crippen LogP contribution in [-0.4, -0.2) is 43.1 Å². The first-order chi connectivity index (χ1) is 11.2. The monoisotopic (exact) mass is 390 g/mol. The Bertz CT molecular complexity index is 849. The van der Waals surface area contributed by atoms with Crippen LogP contribution >= 0.6 is 23.2 Å². The Balaban J connectivity index is 2.05. The highest BCUT2D eigenvalue weighted by molar-refractivity contribution is 7.91. The SMILES string of the molecule is CN(C)C(=O)Cn1cc(NS(=O)(=O)Cc2ccc(Cl)c(Cl)c2)cn1. The first-order valence-electron chi connectivity index (χ1n) is 6.83. The number of anilines is 1. The van der Waals surface area contributed by atoms with E-state index < -0.39 is 10.0 Å². The molecule has 1 N–H and O–H groups in total. The second-order valence-corrected chi connectivity index (χ2v) is 7.86. The number of rotatable bonds is 6. The average molecular weight is 391 g/mol. The number of likely N-dealkylation sites (N-methyl/N-ethyl adjacent to an activating group) is 1. The third-order valence-corrected chi connectivity index (χ3v) is 5.04. The number of nitrogens with zero attached hydrogens (tertiary/aromatic N) is 3. The fraction of sp³-hybridized carbons (Fsp3) is 0.286. The molecular formula is C14H16Cl2N4O3S. The van der Waals surface area contributed by atoms with E-state index in [1.165, 1.54) is 28.0 Å². The second-order valence-electron chi connectivity index (χ2n) is 5.32. The minimum absolute atomic E-state index is 0.0293. The van der Waals surface area contributed by atoms with Crippen LogP contribution in [0.25, 0.3) is 0 Å². The Morgan fingerprint density at radius 1 is 1.29 bits per heavy atom. The Hall–Kier alpha value is -1.77. The van der Waals surface area contributed by atoms with Crippen molar-refractivity contribution in [1.82, 2.24) is 14.7 Å². The van der Waals surface area contributed by atoms with Gasteiger partial charge in [-0.15, -0.1) is 0 Å². The molecule has 0 atom stereocenters. The van der Waals surface area contributed by atoms with Gasteiger partial charge in [0, 0.05) is 20.3 Å². The standard InChI is InChI=1S/C14H16Cl2N4O3S/c1-19(2)14(21)8-20-7-11(6-17-20)18-24(22,23)9-10-3-4-12(15)13(16)5-10/h3-7,18H,8-9H2,1-2H3. The largest absolute Gasteiger partial charge is 0.347 e. The zero-order chi connectivity index (χ0) is 17.9. The first kappa shape index (κ1) is 18.6. The molecule has 1 aromatic heterocycles. The first-order valence-corrected chi connectivity index (χ1v) is 9.24. The normalized spacial score (nSPS) is 11.3. The lowest BCUT2D eigenvalue weighted by atomic mass is 10.2. The molecule has 2 rings (SSSR count). The van der Waals surface area contributed by atoms with Crippen LogP contribution in [0.4, 0.5) is 5.69 Å². The fourth-order valence-corrected chi connectivity index (χ4v) is 3.32. The Morgan fingerprint density at radius 2 is 2.00 bits per heavy atom. The molecule has 10 heteroatoms. The lowest BCUT2D eigenvalue weighted by molar-refractivity contribution is -0.129. The van der Waals surface area contributed by atoms with E-state index in [9.17, 15) is 13.2 Å². The zero-order valence-electron chi connectivity index (χ0n) is 13.0. The van der Waals surface area contributed by atoms with Gasteiger partial charge >= 0.3 is 0 Å². The Kier molecular flexibility index (Phi) is 5.74. The van der Waals surface area contributed by atoms with Gasteiger partial charge < -0.3 is 4.90 Å².